The van der Waals surface area contributed by atoms with Crippen LogP contribution in [0.2, 0.25) is 0 Å². The van der Waals surface area contributed by atoms with Gasteiger partial charge in [0.2, 0.25) is 0 Å². The minimum absolute atomic E-state index is 0.0722. The fraction of sp³-hybridized carbons (Fsp3) is 0.182. The van der Waals surface area contributed by atoms with Crippen LogP contribution in [-0.4, -0.2) is 11.1 Å². The van der Waals surface area contributed by atoms with Gasteiger partial charge in [-0.1, -0.05) is 23.2 Å². The summed E-state index contributed by atoms with van der Waals surface area (Å²) in [5, 5.41) is 3.78. The number of aromatic nitrogens is 1. The molecule has 0 aliphatic rings. The topological polar surface area (TPSA) is 48.0 Å². The summed E-state index contributed by atoms with van der Waals surface area (Å²) in [6.45, 7) is 0.993. The molecule has 0 spiro atoms. The summed E-state index contributed by atoms with van der Waals surface area (Å²) in [6, 6.07) is 2.00. The molecule has 0 fully saturated rings. The van der Waals surface area contributed by atoms with Crippen LogP contribution in [0, 0.1) is 11.8 Å². The first-order chi connectivity index (χ1) is 7.79. The monoisotopic (exact) mass is 250 g/mol. The summed E-state index contributed by atoms with van der Waals surface area (Å²) in [5.74, 6) is 5.78. The van der Waals surface area contributed by atoms with Gasteiger partial charge in [0.05, 0.1) is 13.1 Å². The third kappa shape index (κ3) is 2.61. The standard InChI is InChI=1S/C11H10N2OS2/c12-3-1-2-9-6-10(16-8-9)7-13-4-5-15-11(13)14/h4-6,8H,3,7,12H2. The lowest BCUT2D eigenvalue weighted by Crippen LogP contribution is -2.11. The van der Waals surface area contributed by atoms with Gasteiger partial charge in [-0.05, 0) is 6.07 Å². The van der Waals surface area contributed by atoms with Gasteiger partial charge in [0.15, 0.2) is 0 Å². The smallest absolute Gasteiger partial charge is 0.307 e. The Morgan fingerprint density at radius 2 is 2.31 bits per heavy atom. The number of nitrogens with zero attached hydrogens (tertiary/aromatic N) is 1. The molecule has 2 aromatic rings. The van der Waals surface area contributed by atoms with Crippen molar-refractivity contribution in [1.29, 1.82) is 0 Å². The van der Waals surface area contributed by atoms with Crippen molar-refractivity contribution in [2.45, 2.75) is 6.54 Å². The predicted octanol–water partition coefficient (Wildman–Crippen LogP) is 1.33. The molecule has 0 unspecified atom stereocenters. The molecule has 3 nitrogen and oxygen atoms in total. The lowest BCUT2D eigenvalue weighted by Gasteiger charge is -1.95. The van der Waals surface area contributed by atoms with Crippen molar-refractivity contribution in [2.24, 2.45) is 5.73 Å². The molecule has 2 heterocycles. The van der Waals surface area contributed by atoms with Crippen LogP contribution in [-0.2, 0) is 6.54 Å². The lowest BCUT2D eigenvalue weighted by molar-refractivity contribution is 0.796. The molecular weight excluding hydrogens is 240 g/mol. The highest BCUT2D eigenvalue weighted by Gasteiger charge is 2.01. The lowest BCUT2D eigenvalue weighted by atomic mass is 10.3. The highest BCUT2D eigenvalue weighted by Crippen LogP contribution is 2.14. The molecular formula is C11H10N2OS2. The van der Waals surface area contributed by atoms with Crippen molar-refractivity contribution in [2.75, 3.05) is 6.54 Å². The molecule has 5 heteroatoms. The largest absolute Gasteiger partial charge is 0.320 e. The Bertz CT molecular complexity index is 583. The molecule has 0 aliphatic heterocycles. The van der Waals surface area contributed by atoms with Crippen molar-refractivity contribution < 1.29 is 0 Å². The summed E-state index contributed by atoms with van der Waals surface area (Å²) in [7, 11) is 0. The maximum absolute atomic E-state index is 11.3. The van der Waals surface area contributed by atoms with E-state index < -0.39 is 0 Å². The minimum atomic E-state index is 0.0722. The molecule has 2 N–H and O–H groups in total. The van der Waals surface area contributed by atoms with Gasteiger partial charge in [0, 0.05) is 27.4 Å². The number of thiophene rings is 1. The van der Waals surface area contributed by atoms with E-state index in [0.717, 1.165) is 10.4 Å². The SMILES string of the molecule is NCC#Cc1csc(Cn2ccsc2=O)c1. The van der Waals surface area contributed by atoms with Crippen molar-refractivity contribution in [1.82, 2.24) is 4.57 Å². The second kappa shape index (κ2) is 5.12. The van der Waals surface area contributed by atoms with Gasteiger partial charge in [0.25, 0.3) is 0 Å². The molecule has 16 heavy (non-hydrogen) atoms. The van der Waals surface area contributed by atoms with E-state index in [1.807, 2.05) is 11.4 Å². The van der Waals surface area contributed by atoms with Crippen LogP contribution in [0.25, 0.3) is 0 Å². The van der Waals surface area contributed by atoms with E-state index in [1.54, 1.807) is 27.5 Å². The van der Waals surface area contributed by atoms with Crippen molar-refractivity contribution in [3.8, 4) is 11.8 Å². The van der Waals surface area contributed by atoms with Crippen LogP contribution in [0.15, 0.2) is 27.8 Å². The molecule has 0 bridgehead atoms. The van der Waals surface area contributed by atoms with E-state index in [0.29, 0.717) is 13.1 Å². The highest BCUT2D eigenvalue weighted by atomic mass is 32.1. The third-order valence-corrected chi connectivity index (χ3v) is 3.57. The average molecular weight is 250 g/mol. The molecule has 2 rings (SSSR count). The fourth-order valence-electron chi connectivity index (χ4n) is 1.26. The van der Waals surface area contributed by atoms with Crippen molar-refractivity contribution in [3.05, 3.63) is 43.1 Å². The Morgan fingerprint density at radius 1 is 1.44 bits per heavy atom. The number of hydrogen-bond acceptors (Lipinski definition) is 4. The fourth-order valence-corrected chi connectivity index (χ4v) is 2.66. The molecule has 0 amide bonds. The number of thiazole rings is 1. The van der Waals surface area contributed by atoms with E-state index in [-0.39, 0.29) is 4.87 Å². The van der Waals surface area contributed by atoms with Crippen molar-refractivity contribution in [3.63, 3.8) is 0 Å². The van der Waals surface area contributed by atoms with Gasteiger partial charge in [0.1, 0.15) is 0 Å². The predicted molar refractivity (Wildman–Crippen MR) is 67.9 cm³/mol. The molecule has 0 aliphatic carbocycles. The first-order valence-electron chi connectivity index (χ1n) is 4.70. The van der Waals surface area contributed by atoms with E-state index in [2.05, 4.69) is 11.8 Å². The van der Waals surface area contributed by atoms with Crippen LogP contribution in [0.3, 0.4) is 0 Å². The molecule has 82 valence electrons. The summed E-state index contributed by atoms with van der Waals surface area (Å²) in [4.78, 5) is 12.5. The zero-order chi connectivity index (χ0) is 11.4. The van der Waals surface area contributed by atoms with E-state index in [9.17, 15) is 4.79 Å². The van der Waals surface area contributed by atoms with E-state index in [1.165, 1.54) is 11.3 Å². The molecule has 2 aromatic heterocycles. The first-order valence-corrected chi connectivity index (χ1v) is 6.46. The molecule has 0 saturated carbocycles. The van der Waals surface area contributed by atoms with Crippen LogP contribution in [0.5, 0.6) is 0 Å². The average Bonchev–Trinajstić information content (AvgIpc) is 2.87. The highest BCUT2D eigenvalue weighted by molar-refractivity contribution is 7.10. The van der Waals surface area contributed by atoms with Gasteiger partial charge in [-0.15, -0.1) is 11.3 Å². The zero-order valence-electron chi connectivity index (χ0n) is 8.47. The molecule has 0 atom stereocenters. The first kappa shape index (κ1) is 11.1. The van der Waals surface area contributed by atoms with Crippen LogP contribution in [0.1, 0.15) is 10.4 Å². The van der Waals surface area contributed by atoms with Crippen LogP contribution in [0.4, 0.5) is 0 Å². The summed E-state index contributed by atoms with van der Waals surface area (Å²) < 4.78 is 1.69. The van der Waals surface area contributed by atoms with E-state index >= 15 is 0 Å². The number of hydrogen-bond donors (Lipinski definition) is 1. The van der Waals surface area contributed by atoms with Crippen LogP contribution >= 0.6 is 22.7 Å². The van der Waals surface area contributed by atoms with Gasteiger partial charge in [-0.3, -0.25) is 4.79 Å². The second-order valence-electron chi connectivity index (χ2n) is 3.10. The van der Waals surface area contributed by atoms with Crippen LogP contribution < -0.4 is 10.6 Å². The molecule has 0 saturated heterocycles. The Balaban J connectivity index is 2.14. The number of rotatable bonds is 2. The zero-order valence-corrected chi connectivity index (χ0v) is 10.1. The second-order valence-corrected chi connectivity index (χ2v) is 4.96. The normalized spacial score (nSPS) is 9.81. The Morgan fingerprint density at radius 3 is 3.00 bits per heavy atom. The summed E-state index contributed by atoms with van der Waals surface area (Å²) in [5.41, 5.74) is 6.26. The van der Waals surface area contributed by atoms with Gasteiger partial charge in [-0.2, -0.15) is 0 Å². The Labute approximate surface area is 101 Å². The maximum atomic E-state index is 11.3. The maximum Gasteiger partial charge on any atom is 0.307 e. The molecule has 0 radical (unpaired) electrons. The van der Waals surface area contributed by atoms with Gasteiger partial charge < -0.3 is 10.3 Å². The third-order valence-electron chi connectivity index (χ3n) is 1.96. The van der Waals surface area contributed by atoms with E-state index in [4.69, 9.17) is 5.73 Å². The van der Waals surface area contributed by atoms with Crippen molar-refractivity contribution >= 4 is 22.7 Å². The minimum Gasteiger partial charge on any atom is -0.320 e. The molecule has 0 aromatic carbocycles. The quantitative estimate of drug-likeness (QED) is 0.817. The summed E-state index contributed by atoms with van der Waals surface area (Å²) in [6.07, 6.45) is 1.80. The van der Waals surface area contributed by atoms with Gasteiger partial charge in [-0.25, -0.2) is 0 Å². The Hall–Kier alpha value is -1.35. The van der Waals surface area contributed by atoms with Gasteiger partial charge >= 0.3 is 4.87 Å². The summed E-state index contributed by atoms with van der Waals surface area (Å²) >= 11 is 2.82. The Kier molecular flexibility index (Phi) is 3.57. The number of nitrogens with two attached hydrogens (primary N) is 1.